The molecule has 0 spiro atoms. The van der Waals surface area contributed by atoms with Crippen LogP contribution in [0.3, 0.4) is 0 Å². The number of nitriles is 1. The van der Waals surface area contributed by atoms with E-state index < -0.39 is 0 Å². The van der Waals surface area contributed by atoms with Crippen molar-refractivity contribution in [1.82, 2.24) is 4.90 Å². The lowest BCUT2D eigenvalue weighted by molar-refractivity contribution is 0.207. The Morgan fingerprint density at radius 2 is 1.90 bits per heavy atom. The van der Waals surface area contributed by atoms with Gasteiger partial charge in [-0.3, -0.25) is 0 Å². The lowest BCUT2D eigenvalue weighted by Gasteiger charge is -2.30. The van der Waals surface area contributed by atoms with Gasteiger partial charge in [0.05, 0.1) is 12.0 Å². The molecular formula is C19H28N2. The molecule has 0 bridgehead atoms. The summed E-state index contributed by atoms with van der Waals surface area (Å²) >= 11 is 0. The van der Waals surface area contributed by atoms with Crippen molar-refractivity contribution in [3.05, 3.63) is 35.9 Å². The summed E-state index contributed by atoms with van der Waals surface area (Å²) in [6.07, 6.45) is 3.84. The van der Waals surface area contributed by atoms with Crippen molar-refractivity contribution in [2.24, 2.45) is 11.3 Å². The summed E-state index contributed by atoms with van der Waals surface area (Å²) in [5.41, 5.74) is 1.56. The third-order valence-electron chi connectivity index (χ3n) is 4.84. The largest absolute Gasteiger partial charge is 0.302 e. The van der Waals surface area contributed by atoms with Gasteiger partial charge in [-0.1, -0.05) is 51.1 Å². The molecule has 1 saturated heterocycles. The van der Waals surface area contributed by atoms with Crippen molar-refractivity contribution in [1.29, 1.82) is 5.26 Å². The average Bonchev–Trinajstić information content (AvgIpc) is 2.71. The molecule has 2 atom stereocenters. The zero-order valence-corrected chi connectivity index (χ0v) is 13.7. The van der Waals surface area contributed by atoms with Gasteiger partial charge in [-0.05, 0) is 49.2 Å². The van der Waals surface area contributed by atoms with Crippen LogP contribution in [-0.4, -0.2) is 24.5 Å². The minimum absolute atomic E-state index is 0.00242. The molecule has 0 radical (unpaired) electrons. The molecular weight excluding hydrogens is 256 g/mol. The topological polar surface area (TPSA) is 27.0 Å². The van der Waals surface area contributed by atoms with E-state index in [0.717, 1.165) is 31.1 Å². The van der Waals surface area contributed by atoms with Gasteiger partial charge < -0.3 is 4.90 Å². The van der Waals surface area contributed by atoms with E-state index in [0.29, 0.717) is 5.41 Å². The van der Waals surface area contributed by atoms with Crippen molar-refractivity contribution in [3.63, 3.8) is 0 Å². The highest BCUT2D eigenvalue weighted by atomic mass is 15.1. The second-order valence-electron chi connectivity index (χ2n) is 7.39. The maximum absolute atomic E-state index is 9.49. The number of rotatable bonds is 3. The molecule has 1 aliphatic heterocycles. The van der Waals surface area contributed by atoms with Crippen molar-refractivity contribution in [3.8, 4) is 6.07 Å². The van der Waals surface area contributed by atoms with Crippen LogP contribution in [0.2, 0.25) is 0 Å². The monoisotopic (exact) mass is 284 g/mol. The number of nitrogens with zero attached hydrogens (tertiary/aromatic N) is 2. The maximum atomic E-state index is 9.49. The predicted molar refractivity (Wildman–Crippen MR) is 88.0 cm³/mol. The van der Waals surface area contributed by atoms with Crippen LogP contribution in [-0.2, 0) is 0 Å². The summed E-state index contributed by atoms with van der Waals surface area (Å²) in [7, 11) is 0. The average molecular weight is 284 g/mol. The first-order valence-corrected chi connectivity index (χ1v) is 8.17. The maximum Gasteiger partial charge on any atom is 0.0839 e. The molecule has 1 aliphatic rings. The summed E-state index contributed by atoms with van der Waals surface area (Å²) in [5, 5.41) is 9.49. The molecule has 1 fully saturated rings. The molecule has 1 aromatic carbocycles. The van der Waals surface area contributed by atoms with Crippen LogP contribution >= 0.6 is 0 Å². The number of hydrogen-bond acceptors (Lipinski definition) is 2. The molecule has 0 saturated carbocycles. The Morgan fingerprint density at radius 3 is 2.52 bits per heavy atom. The first-order chi connectivity index (χ1) is 10.0. The number of hydrogen-bond donors (Lipinski definition) is 0. The Labute approximate surface area is 129 Å². The third kappa shape index (κ3) is 4.58. The van der Waals surface area contributed by atoms with Gasteiger partial charge in [-0.2, -0.15) is 5.26 Å². The fourth-order valence-electron chi connectivity index (χ4n) is 3.37. The predicted octanol–water partition coefficient (Wildman–Crippen LogP) is 4.44. The summed E-state index contributed by atoms with van der Waals surface area (Å²) in [6, 6.07) is 12.7. The van der Waals surface area contributed by atoms with E-state index in [1.807, 2.05) is 18.2 Å². The summed E-state index contributed by atoms with van der Waals surface area (Å²) in [5.74, 6) is 0.803. The quantitative estimate of drug-likeness (QED) is 0.820. The molecule has 1 heterocycles. The highest BCUT2D eigenvalue weighted by Crippen LogP contribution is 2.34. The van der Waals surface area contributed by atoms with Crippen molar-refractivity contribution in [2.45, 2.75) is 46.0 Å². The van der Waals surface area contributed by atoms with E-state index in [9.17, 15) is 5.26 Å². The smallest absolute Gasteiger partial charge is 0.0839 e. The fraction of sp³-hybridized carbons (Fsp3) is 0.632. The van der Waals surface area contributed by atoms with Crippen LogP contribution in [0.4, 0.5) is 0 Å². The SMILES string of the molecule is CC(C)(C)C1CCCN(CC(C#N)c2ccccc2)CC1. The summed E-state index contributed by atoms with van der Waals surface area (Å²) in [4.78, 5) is 2.49. The Balaban J connectivity index is 1.95. The van der Waals surface area contributed by atoms with Gasteiger partial charge in [0, 0.05) is 6.54 Å². The van der Waals surface area contributed by atoms with Crippen LogP contribution in [0, 0.1) is 22.7 Å². The molecule has 114 valence electrons. The summed E-state index contributed by atoms with van der Waals surface area (Å²) < 4.78 is 0. The lowest BCUT2D eigenvalue weighted by Crippen LogP contribution is -2.30. The van der Waals surface area contributed by atoms with E-state index >= 15 is 0 Å². The standard InChI is InChI=1S/C19H28N2/c1-19(2,3)18-10-7-12-21(13-11-18)15-17(14-20)16-8-5-4-6-9-16/h4-6,8-9,17-18H,7,10-13,15H2,1-3H3. The van der Waals surface area contributed by atoms with Crippen molar-refractivity contribution >= 4 is 0 Å². The summed E-state index contributed by atoms with van der Waals surface area (Å²) in [6.45, 7) is 10.2. The van der Waals surface area contributed by atoms with Gasteiger partial charge >= 0.3 is 0 Å². The van der Waals surface area contributed by atoms with Gasteiger partial charge in [0.15, 0.2) is 0 Å². The second-order valence-corrected chi connectivity index (χ2v) is 7.39. The molecule has 2 unspecified atom stereocenters. The molecule has 2 rings (SSSR count). The van der Waals surface area contributed by atoms with Crippen LogP contribution in [0.25, 0.3) is 0 Å². The molecule has 2 heteroatoms. The van der Waals surface area contributed by atoms with E-state index in [1.165, 1.54) is 19.3 Å². The molecule has 0 amide bonds. The highest BCUT2D eigenvalue weighted by molar-refractivity contribution is 5.25. The van der Waals surface area contributed by atoms with Gasteiger partial charge in [0.2, 0.25) is 0 Å². The zero-order valence-electron chi connectivity index (χ0n) is 13.7. The highest BCUT2D eigenvalue weighted by Gasteiger charge is 2.27. The third-order valence-corrected chi connectivity index (χ3v) is 4.84. The van der Waals surface area contributed by atoms with Gasteiger partial charge in [-0.15, -0.1) is 0 Å². The molecule has 0 N–H and O–H groups in total. The first-order valence-electron chi connectivity index (χ1n) is 8.17. The van der Waals surface area contributed by atoms with Crippen LogP contribution < -0.4 is 0 Å². The van der Waals surface area contributed by atoms with E-state index in [-0.39, 0.29) is 5.92 Å². The zero-order chi connectivity index (χ0) is 15.3. The van der Waals surface area contributed by atoms with Gasteiger partial charge in [0.25, 0.3) is 0 Å². The van der Waals surface area contributed by atoms with Crippen molar-refractivity contribution in [2.75, 3.05) is 19.6 Å². The van der Waals surface area contributed by atoms with Crippen LogP contribution in [0.15, 0.2) is 30.3 Å². The Bertz CT molecular complexity index is 467. The molecule has 21 heavy (non-hydrogen) atoms. The molecule has 0 aromatic heterocycles. The minimum Gasteiger partial charge on any atom is -0.302 e. The van der Waals surface area contributed by atoms with Crippen molar-refractivity contribution < 1.29 is 0 Å². The van der Waals surface area contributed by atoms with E-state index in [1.54, 1.807) is 0 Å². The normalized spacial score (nSPS) is 22.3. The fourth-order valence-corrected chi connectivity index (χ4v) is 3.37. The van der Waals surface area contributed by atoms with Crippen LogP contribution in [0.5, 0.6) is 0 Å². The molecule has 1 aromatic rings. The molecule has 2 nitrogen and oxygen atoms in total. The lowest BCUT2D eigenvalue weighted by atomic mass is 9.77. The first kappa shape index (κ1) is 16.0. The van der Waals surface area contributed by atoms with E-state index in [4.69, 9.17) is 0 Å². The Kier molecular flexibility index (Phi) is 5.42. The number of benzene rings is 1. The molecule has 0 aliphatic carbocycles. The van der Waals surface area contributed by atoms with Gasteiger partial charge in [0.1, 0.15) is 0 Å². The number of likely N-dealkylation sites (tertiary alicyclic amines) is 1. The Morgan fingerprint density at radius 1 is 1.19 bits per heavy atom. The minimum atomic E-state index is -0.00242. The Hall–Kier alpha value is -1.33. The van der Waals surface area contributed by atoms with Crippen LogP contribution in [0.1, 0.15) is 51.5 Å². The second kappa shape index (κ2) is 7.09. The van der Waals surface area contributed by atoms with Gasteiger partial charge in [-0.25, -0.2) is 0 Å². The van der Waals surface area contributed by atoms with E-state index in [2.05, 4.69) is 43.9 Å².